The Hall–Kier alpha value is -3.99. The topological polar surface area (TPSA) is 137 Å². The summed E-state index contributed by atoms with van der Waals surface area (Å²) in [6.45, 7) is 4.47. The Labute approximate surface area is 207 Å². The Kier molecular flexibility index (Phi) is 7.20. The van der Waals surface area contributed by atoms with Crippen LogP contribution in [0.3, 0.4) is 0 Å². The van der Waals surface area contributed by atoms with Crippen LogP contribution in [0, 0.1) is 0 Å². The van der Waals surface area contributed by atoms with Gasteiger partial charge in [0.05, 0.1) is 12.2 Å². The Morgan fingerprint density at radius 2 is 1.97 bits per heavy atom. The highest BCUT2D eigenvalue weighted by Crippen LogP contribution is 2.23. The van der Waals surface area contributed by atoms with E-state index in [0.29, 0.717) is 24.7 Å². The number of para-hydroxylation sites is 1. The van der Waals surface area contributed by atoms with Crippen molar-refractivity contribution in [3.63, 3.8) is 0 Å². The standard InChI is InChI=1S/C25H31N7O4/c1-4-5-13-31-21-22(28-24(31)30-12-8-9-17(26)14-30)29(3)25(36)32(23(21)35)15-20(34)18-10-6-7-11-19(18)27-16(2)33/h4-7,10-11,17H,8-9,12-15,26H2,1-3H3,(H,27,33)/t17-/m1/s1. The molecule has 1 saturated heterocycles. The molecule has 1 fully saturated rings. The van der Waals surface area contributed by atoms with Gasteiger partial charge in [-0.15, -0.1) is 0 Å². The summed E-state index contributed by atoms with van der Waals surface area (Å²) in [4.78, 5) is 58.4. The van der Waals surface area contributed by atoms with Crippen LogP contribution in [0.25, 0.3) is 11.2 Å². The van der Waals surface area contributed by atoms with E-state index < -0.39 is 23.6 Å². The molecule has 2 aromatic heterocycles. The highest BCUT2D eigenvalue weighted by Gasteiger charge is 2.26. The van der Waals surface area contributed by atoms with E-state index in [2.05, 4.69) is 10.3 Å². The summed E-state index contributed by atoms with van der Waals surface area (Å²) in [5.41, 5.74) is 5.99. The second-order valence-corrected chi connectivity index (χ2v) is 8.99. The fourth-order valence-corrected chi connectivity index (χ4v) is 4.57. The quantitative estimate of drug-likeness (QED) is 0.373. The number of anilines is 2. The first-order chi connectivity index (χ1) is 17.2. The lowest BCUT2D eigenvalue weighted by atomic mass is 10.1. The van der Waals surface area contributed by atoms with Gasteiger partial charge < -0.3 is 20.5 Å². The molecule has 0 aliphatic carbocycles. The number of carbonyl (C=O) groups excluding carboxylic acids is 2. The number of benzene rings is 1. The number of nitrogens with zero attached hydrogens (tertiary/aromatic N) is 5. The predicted octanol–water partition coefficient (Wildman–Crippen LogP) is 1.24. The van der Waals surface area contributed by atoms with E-state index in [1.165, 1.54) is 18.5 Å². The van der Waals surface area contributed by atoms with Crippen molar-refractivity contribution in [3.05, 3.63) is 62.8 Å². The van der Waals surface area contributed by atoms with Crippen molar-refractivity contribution in [3.8, 4) is 0 Å². The third-order valence-electron chi connectivity index (χ3n) is 6.32. The number of Topliss-reactive ketones (excluding diaryl/α,β-unsaturated/α-hetero) is 1. The molecule has 3 heterocycles. The Morgan fingerprint density at radius 1 is 1.22 bits per heavy atom. The Bertz CT molecular complexity index is 1460. The van der Waals surface area contributed by atoms with Gasteiger partial charge in [-0.3, -0.25) is 23.5 Å². The minimum absolute atomic E-state index is 0.00416. The smallest absolute Gasteiger partial charge is 0.332 e. The zero-order chi connectivity index (χ0) is 26.0. The molecule has 4 rings (SSSR count). The van der Waals surface area contributed by atoms with Crippen LogP contribution in [0.2, 0.25) is 0 Å². The fourth-order valence-electron chi connectivity index (χ4n) is 4.57. The van der Waals surface area contributed by atoms with E-state index in [1.807, 2.05) is 24.0 Å². The average molecular weight is 494 g/mol. The van der Waals surface area contributed by atoms with Gasteiger partial charge in [0.25, 0.3) is 5.56 Å². The minimum atomic E-state index is -0.643. The van der Waals surface area contributed by atoms with Crippen LogP contribution in [0.4, 0.5) is 11.6 Å². The van der Waals surface area contributed by atoms with Gasteiger partial charge in [0.1, 0.15) is 0 Å². The molecule has 1 aromatic carbocycles. The van der Waals surface area contributed by atoms with Crippen molar-refractivity contribution in [1.82, 2.24) is 18.7 Å². The van der Waals surface area contributed by atoms with Crippen molar-refractivity contribution < 1.29 is 9.59 Å². The number of ketones is 1. The van der Waals surface area contributed by atoms with Crippen molar-refractivity contribution >= 4 is 34.5 Å². The zero-order valence-corrected chi connectivity index (χ0v) is 20.7. The number of nitrogens with two attached hydrogens (primary N) is 1. The number of fused-ring (bicyclic) bond motifs is 1. The number of rotatable bonds is 7. The number of allylic oxidation sites excluding steroid dienone is 2. The van der Waals surface area contributed by atoms with Gasteiger partial charge >= 0.3 is 5.69 Å². The second-order valence-electron chi connectivity index (χ2n) is 8.99. The maximum absolute atomic E-state index is 13.7. The number of hydrogen-bond donors (Lipinski definition) is 2. The van der Waals surface area contributed by atoms with Crippen LogP contribution in [-0.2, 0) is 24.9 Å². The molecule has 1 atom stereocenters. The number of aryl methyl sites for hydroxylation is 1. The van der Waals surface area contributed by atoms with Crippen LogP contribution in [0.15, 0.2) is 46.0 Å². The van der Waals surface area contributed by atoms with Gasteiger partial charge in [-0.05, 0) is 31.9 Å². The van der Waals surface area contributed by atoms with Gasteiger partial charge in [0, 0.05) is 45.2 Å². The van der Waals surface area contributed by atoms with E-state index >= 15 is 0 Å². The summed E-state index contributed by atoms with van der Waals surface area (Å²) in [5, 5.41) is 2.62. The molecule has 0 bridgehead atoms. The SMILES string of the molecule is CC=CCn1c(N2CCC[C@@H](N)C2)nc2c1c(=O)n(CC(=O)c1ccccc1NC(C)=O)c(=O)n2C. The molecule has 0 saturated carbocycles. The maximum atomic E-state index is 13.7. The molecule has 0 radical (unpaired) electrons. The lowest BCUT2D eigenvalue weighted by Crippen LogP contribution is -2.44. The molecule has 36 heavy (non-hydrogen) atoms. The number of amides is 1. The van der Waals surface area contributed by atoms with Gasteiger partial charge in [-0.1, -0.05) is 24.3 Å². The second kappa shape index (κ2) is 10.3. The molecule has 1 amide bonds. The first-order valence-corrected chi connectivity index (χ1v) is 11.9. The molecule has 11 nitrogen and oxygen atoms in total. The van der Waals surface area contributed by atoms with Crippen molar-refractivity contribution in [1.29, 1.82) is 0 Å². The van der Waals surface area contributed by atoms with Crippen molar-refractivity contribution in [2.45, 2.75) is 45.8 Å². The highest BCUT2D eigenvalue weighted by atomic mass is 16.2. The normalized spacial score (nSPS) is 16.1. The third kappa shape index (κ3) is 4.74. The summed E-state index contributed by atoms with van der Waals surface area (Å²) in [6.07, 6.45) is 5.59. The summed E-state index contributed by atoms with van der Waals surface area (Å²) < 4.78 is 4.00. The number of piperidine rings is 1. The summed E-state index contributed by atoms with van der Waals surface area (Å²) in [7, 11) is 1.54. The van der Waals surface area contributed by atoms with E-state index in [9.17, 15) is 19.2 Å². The molecule has 1 aliphatic rings. The monoisotopic (exact) mass is 493 g/mol. The molecule has 11 heteroatoms. The Morgan fingerprint density at radius 3 is 2.67 bits per heavy atom. The number of aromatic nitrogens is 4. The predicted molar refractivity (Wildman–Crippen MR) is 139 cm³/mol. The molecule has 190 valence electrons. The van der Waals surface area contributed by atoms with Crippen LogP contribution in [0.5, 0.6) is 0 Å². The molecular weight excluding hydrogens is 462 g/mol. The van der Waals surface area contributed by atoms with Gasteiger partial charge in [-0.2, -0.15) is 4.98 Å². The minimum Gasteiger partial charge on any atom is -0.341 e. The van der Waals surface area contributed by atoms with E-state index in [-0.39, 0.29) is 28.7 Å². The number of carbonyl (C=O) groups is 2. The van der Waals surface area contributed by atoms with Crippen LogP contribution < -0.4 is 27.2 Å². The van der Waals surface area contributed by atoms with Gasteiger partial charge in [0.15, 0.2) is 16.9 Å². The van der Waals surface area contributed by atoms with Crippen LogP contribution >= 0.6 is 0 Å². The van der Waals surface area contributed by atoms with Crippen molar-refractivity contribution in [2.24, 2.45) is 12.8 Å². The highest BCUT2D eigenvalue weighted by molar-refractivity contribution is 6.04. The van der Waals surface area contributed by atoms with E-state index in [0.717, 1.165) is 24.0 Å². The molecule has 3 aromatic rings. The molecule has 1 aliphatic heterocycles. The van der Waals surface area contributed by atoms with Gasteiger partial charge in [-0.25, -0.2) is 4.79 Å². The molecule has 3 N–H and O–H groups in total. The average Bonchev–Trinajstić information content (AvgIpc) is 3.23. The lowest BCUT2D eigenvalue weighted by molar-refractivity contribution is -0.114. The zero-order valence-electron chi connectivity index (χ0n) is 20.7. The van der Waals surface area contributed by atoms with Crippen LogP contribution in [0.1, 0.15) is 37.0 Å². The van der Waals surface area contributed by atoms with Gasteiger partial charge in [0.2, 0.25) is 11.9 Å². The molecule has 0 spiro atoms. The molecular formula is C25H31N7O4. The third-order valence-corrected chi connectivity index (χ3v) is 6.32. The van der Waals surface area contributed by atoms with E-state index in [1.54, 1.807) is 28.8 Å². The van der Waals surface area contributed by atoms with Crippen molar-refractivity contribution in [2.75, 3.05) is 23.3 Å². The first kappa shape index (κ1) is 25.1. The number of nitrogens with one attached hydrogen (secondary N) is 1. The summed E-state index contributed by atoms with van der Waals surface area (Å²) in [5.74, 6) is -0.229. The fraction of sp³-hybridized carbons (Fsp3) is 0.400. The Balaban J connectivity index is 1.84. The first-order valence-electron chi connectivity index (χ1n) is 11.9. The van der Waals surface area contributed by atoms with E-state index in [4.69, 9.17) is 5.73 Å². The lowest BCUT2D eigenvalue weighted by Gasteiger charge is -2.31. The van der Waals surface area contributed by atoms with Crippen LogP contribution in [-0.4, -0.2) is 49.5 Å². The number of hydrogen-bond acceptors (Lipinski definition) is 7. The summed E-state index contributed by atoms with van der Waals surface area (Å²) in [6, 6.07) is 6.49. The molecule has 0 unspecified atom stereocenters. The largest absolute Gasteiger partial charge is 0.341 e. The summed E-state index contributed by atoms with van der Waals surface area (Å²) >= 11 is 0. The number of imidazole rings is 1. The maximum Gasteiger partial charge on any atom is 0.332 e.